The molecule has 0 radical (unpaired) electrons. The Labute approximate surface area is 114 Å². The van der Waals surface area contributed by atoms with Crippen molar-refractivity contribution in [1.29, 1.82) is 0 Å². The molecule has 2 saturated carbocycles. The molecule has 2 aliphatic rings. The maximum atomic E-state index is 3.60. The van der Waals surface area contributed by atoms with E-state index in [0.717, 1.165) is 17.9 Å². The molecular weight excluding hydrogens is 220 g/mol. The molecule has 0 amide bonds. The molecule has 0 aromatic heterocycles. The van der Waals surface area contributed by atoms with E-state index in [1.54, 1.807) is 0 Å². The second-order valence-electron chi connectivity index (χ2n) is 7.63. The first-order valence-corrected chi connectivity index (χ1v) is 7.85. The van der Waals surface area contributed by atoms with Crippen molar-refractivity contribution in [3.05, 3.63) is 0 Å². The first kappa shape index (κ1) is 14.3. The van der Waals surface area contributed by atoms with E-state index < -0.39 is 0 Å². The van der Waals surface area contributed by atoms with E-state index in [0.29, 0.717) is 11.5 Å². The van der Waals surface area contributed by atoms with Gasteiger partial charge in [-0.3, -0.25) is 4.90 Å². The van der Waals surface area contributed by atoms with Crippen molar-refractivity contribution in [3.8, 4) is 0 Å². The summed E-state index contributed by atoms with van der Waals surface area (Å²) in [5, 5.41) is 3.60. The van der Waals surface area contributed by atoms with Crippen LogP contribution in [0.5, 0.6) is 0 Å². The smallest absolute Gasteiger partial charge is 0.0156 e. The number of hydrogen-bond acceptors (Lipinski definition) is 2. The minimum absolute atomic E-state index is 0.479. The van der Waals surface area contributed by atoms with Crippen molar-refractivity contribution in [2.45, 2.75) is 65.5 Å². The minimum atomic E-state index is 0.479. The van der Waals surface area contributed by atoms with Gasteiger partial charge in [-0.2, -0.15) is 0 Å². The summed E-state index contributed by atoms with van der Waals surface area (Å²) in [5.74, 6) is 1.65. The fraction of sp³-hybridized carbons (Fsp3) is 1.00. The van der Waals surface area contributed by atoms with Gasteiger partial charge in [-0.1, -0.05) is 27.7 Å². The van der Waals surface area contributed by atoms with Gasteiger partial charge in [0.1, 0.15) is 0 Å². The second-order valence-corrected chi connectivity index (χ2v) is 7.63. The summed E-state index contributed by atoms with van der Waals surface area (Å²) in [4.78, 5) is 2.78. The Bertz CT molecular complexity index is 268. The summed E-state index contributed by atoms with van der Waals surface area (Å²) in [5.41, 5.74) is 0.479. The first-order chi connectivity index (χ1) is 8.44. The molecule has 0 heterocycles. The van der Waals surface area contributed by atoms with Gasteiger partial charge in [0, 0.05) is 25.2 Å². The highest BCUT2D eigenvalue weighted by molar-refractivity contribution is 4.98. The molecule has 2 fully saturated rings. The summed E-state index contributed by atoms with van der Waals surface area (Å²) in [6, 6.07) is 1.61. The first-order valence-electron chi connectivity index (χ1n) is 7.85. The lowest BCUT2D eigenvalue weighted by atomic mass is 9.85. The van der Waals surface area contributed by atoms with E-state index in [4.69, 9.17) is 0 Å². The SMILES string of the molecule is CNC1C(CN(CC(C)C)C2CC2)CCC1(C)C. The van der Waals surface area contributed by atoms with Crippen molar-refractivity contribution in [3.63, 3.8) is 0 Å². The van der Waals surface area contributed by atoms with Crippen LogP contribution in [0.1, 0.15) is 53.4 Å². The van der Waals surface area contributed by atoms with E-state index in [1.807, 2.05) is 0 Å². The average molecular weight is 252 g/mol. The predicted octanol–water partition coefficient (Wildman–Crippen LogP) is 3.13. The Morgan fingerprint density at radius 3 is 2.39 bits per heavy atom. The van der Waals surface area contributed by atoms with Gasteiger partial charge in [-0.15, -0.1) is 0 Å². The number of hydrogen-bond donors (Lipinski definition) is 1. The monoisotopic (exact) mass is 252 g/mol. The van der Waals surface area contributed by atoms with Gasteiger partial charge in [-0.25, -0.2) is 0 Å². The predicted molar refractivity (Wildman–Crippen MR) is 78.8 cm³/mol. The van der Waals surface area contributed by atoms with E-state index >= 15 is 0 Å². The van der Waals surface area contributed by atoms with Crippen molar-refractivity contribution in [1.82, 2.24) is 10.2 Å². The Balaban J connectivity index is 1.94. The van der Waals surface area contributed by atoms with Crippen LogP contribution in [0.4, 0.5) is 0 Å². The van der Waals surface area contributed by atoms with Crippen molar-refractivity contribution in [2.75, 3.05) is 20.1 Å². The van der Waals surface area contributed by atoms with E-state index in [-0.39, 0.29) is 0 Å². The van der Waals surface area contributed by atoms with Gasteiger partial charge < -0.3 is 5.32 Å². The normalized spacial score (nSPS) is 31.5. The summed E-state index contributed by atoms with van der Waals surface area (Å²) < 4.78 is 0. The van der Waals surface area contributed by atoms with Crippen molar-refractivity contribution < 1.29 is 0 Å². The molecule has 1 N–H and O–H groups in total. The highest BCUT2D eigenvalue weighted by Crippen LogP contribution is 2.42. The lowest BCUT2D eigenvalue weighted by Crippen LogP contribution is -2.45. The van der Waals surface area contributed by atoms with Gasteiger partial charge in [0.25, 0.3) is 0 Å². The summed E-state index contributed by atoms with van der Waals surface area (Å²) in [7, 11) is 2.15. The third-order valence-corrected chi connectivity index (χ3v) is 4.92. The molecule has 2 nitrogen and oxygen atoms in total. The maximum Gasteiger partial charge on any atom is 0.0156 e. The van der Waals surface area contributed by atoms with Crippen LogP contribution in [0.3, 0.4) is 0 Å². The summed E-state index contributed by atoms with van der Waals surface area (Å²) >= 11 is 0. The minimum Gasteiger partial charge on any atom is -0.316 e. The van der Waals surface area contributed by atoms with Gasteiger partial charge in [0.2, 0.25) is 0 Å². The zero-order valence-corrected chi connectivity index (χ0v) is 13.0. The number of nitrogens with zero attached hydrogens (tertiary/aromatic N) is 1. The van der Waals surface area contributed by atoms with E-state index in [2.05, 4.69) is 45.0 Å². The largest absolute Gasteiger partial charge is 0.316 e. The topological polar surface area (TPSA) is 15.3 Å². The summed E-state index contributed by atoms with van der Waals surface area (Å²) in [6.07, 6.45) is 5.66. The third-order valence-electron chi connectivity index (χ3n) is 4.92. The fourth-order valence-electron chi connectivity index (χ4n) is 3.92. The Kier molecular flexibility index (Phi) is 4.38. The zero-order valence-electron chi connectivity index (χ0n) is 13.0. The van der Waals surface area contributed by atoms with Crippen LogP contribution in [0.25, 0.3) is 0 Å². The lowest BCUT2D eigenvalue weighted by Gasteiger charge is -2.34. The zero-order chi connectivity index (χ0) is 13.3. The number of rotatable bonds is 6. The molecule has 2 rings (SSSR count). The number of nitrogens with one attached hydrogen (secondary N) is 1. The third kappa shape index (κ3) is 3.27. The summed E-state index contributed by atoms with van der Waals surface area (Å²) in [6.45, 7) is 12.2. The molecule has 18 heavy (non-hydrogen) atoms. The highest BCUT2D eigenvalue weighted by atomic mass is 15.2. The van der Waals surface area contributed by atoms with Gasteiger partial charge in [-0.05, 0) is 50.0 Å². The molecular formula is C16H32N2. The Morgan fingerprint density at radius 1 is 1.22 bits per heavy atom. The molecule has 0 aliphatic heterocycles. The molecule has 2 heteroatoms. The van der Waals surface area contributed by atoms with Crippen LogP contribution < -0.4 is 5.32 Å². The van der Waals surface area contributed by atoms with Crippen molar-refractivity contribution in [2.24, 2.45) is 17.3 Å². The second kappa shape index (κ2) is 5.50. The van der Waals surface area contributed by atoms with Crippen LogP contribution >= 0.6 is 0 Å². The molecule has 0 spiro atoms. The molecule has 2 atom stereocenters. The maximum absolute atomic E-state index is 3.60. The Morgan fingerprint density at radius 2 is 1.89 bits per heavy atom. The molecule has 0 saturated heterocycles. The van der Waals surface area contributed by atoms with Crippen LogP contribution in [-0.4, -0.2) is 37.1 Å². The molecule has 2 aliphatic carbocycles. The van der Waals surface area contributed by atoms with Crippen LogP contribution in [0, 0.1) is 17.3 Å². The molecule has 0 bridgehead atoms. The fourth-order valence-corrected chi connectivity index (χ4v) is 3.92. The Hall–Kier alpha value is -0.0800. The standard InChI is InChI=1S/C16H32N2/c1-12(2)10-18(14-6-7-14)11-13-8-9-16(3,4)15(13)17-5/h12-15,17H,6-11H2,1-5H3. The van der Waals surface area contributed by atoms with Crippen LogP contribution in [-0.2, 0) is 0 Å². The molecule has 0 aromatic rings. The average Bonchev–Trinajstić information content (AvgIpc) is 3.04. The molecule has 2 unspecified atom stereocenters. The highest BCUT2D eigenvalue weighted by Gasteiger charge is 2.42. The van der Waals surface area contributed by atoms with Crippen LogP contribution in [0.2, 0.25) is 0 Å². The van der Waals surface area contributed by atoms with Crippen molar-refractivity contribution >= 4 is 0 Å². The van der Waals surface area contributed by atoms with E-state index in [9.17, 15) is 0 Å². The molecule has 106 valence electrons. The molecule has 0 aromatic carbocycles. The van der Waals surface area contributed by atoms with Crippen LogP contribution in [0.15, 0.2) is 0 Å². The quantitative estimate of drug-likeness (QED) is 0.781. The lowest BCUT2D eigenvalue weighted by molar-refractivity contribution is 0.168. The van der Waals surface area contributed by atoms with E-state index in [1.165, 1.54) is 38.8 Å². The van der Waals surface area contributed by atoms with Gasteiger partial charge in [0.05, 0.1) is 0 Å². The van der Waals surface area contributed by atoms with Gasteiger partial charge >= 0.3 is 0 Å². The van der Waals surface area contributed by atoms with Gasteiger partial charge in [0.15, 0.2) is 0 Å².